The van der Waals surface area contributed by atoms with Gasteiger partial charge in [-0.25, -0.2) is 0 Å². The van der Waals surface area contributed by atoms with E-state index in [1.165, 1.54) is 57.8 Å². The smallest absolute Gasteiger partial charge is 0.306 e. The third-order valence-corrected chi connectivity index (χ3v) is 11.1. The van der Waals surface area contributed by atoms with Crippen LogP contribution in [-0.4, -0.2) is 37.2 Å². The van der Waals surface area contributed by atoms with Crippen molar-refractivity contribution in [2.24, 2.45) is 0 Å². The van der Waals surface area contributed by atoms with Gasteiger partial charge in [0.05, 0.1) is 0 Å². The molecule has 0 aliphatic carbocycles. The Bertz CT molecular complexity index is 1370. The van der Waals surface area contributed by atoms with E-state index in [1.54, 1.807) is 0 Å². The van der Waals surface area contributed by atoms with Gasteiger partial charge in [0, 0.05) is 19.3 Å². The lowest BCUT2D eigenvalue weighted by atomic mass is 10.1. The highest BCUT2D eigenvalue weighted by molar-refractivity contribution is 5.71. The van der Waals surface area contributed by atoms with Crippen molar-refractivity contribution in [3.63, 3.8) is 0 Å². The maximum absolute atomic E-state index is 12.8. The van der Waals surface area contributed by atoms with Gasteiger partial charge in [0.2, 0.25) is 0 Å². The lowest BCUT2D eigenvalue weighted by Gasteiger charge is -2.18. The minimum Gasteiger partial charge on any atom is -0.462 e. The molecule has 0 aromatic rings. The summed E-state index contributed by atoms with van der Waals surface area (Å²) in [6, 6.07) is 0. The molecule has 6 heteroatoms. The molecule has 1 unspecified atom stereocenters. The molecule has 0 radical (unpaired) electrons. The van der Waals surface area contributed by atoms with Gasteiger partial charge in [-0.1, -0.05) is 220 Å². The van der Waals surface area contributed by atoms with Gasteiger partial charge in [0.25, 0.3) is 0 Å². The van der Waals surface area contributed by atoms with Crippen molar-refractivity contribution in [1.29, 1.82) is 0 Å². The van der Waals surface area contributed by atoms with Crippen LogP contribution in [0.4, 0.5) is 0 Å². The van der Waals surface area contributed by atoms with E-state index in [-0.39, 0.29) is 31.1 Å². The summed E-state index contributed by atoms with van der Waals surface area (Å²) in [6.45, 7) is 6.40. The molecular formula is C60H98O6. The van der Waals surface area contributed by atoms with Crippen LogP contribution in [0.2, 0.25) is 0 Å². The molecule has 1 atom stereocenters. The zero-order valence-corrected chi connectivity index (χ0v) is 42.7. The van der Waals surface area contributed by atoms with Gasteiger partial charge >= 0.3 is 17.9 Å². The lowest BCUT2D eigenvalue weighted by molar-refractivity contribution is -0.167. The minimum absolute atomic E-state index is 0.0989. The van der Waals surface area contributed by atoms with E-state index < -0.39 is 6.10 Å². The summed E-state index contributed by atoms with van der Waals surface area (Å²) >= 11 is 0. The summed E-state index contributed by atoms with van der Waals surface area (Å²) in [5, 5.41) is 0. The predicted molar refractivity (Wildman–Crippen MR) is 283 cm³/mol. The highest BCUT2D eigenvalue weighted by atomic mass is 16.6. The van der Waals surface area contributed by atoms with Gasteiger partial charge < -0.3 is 14.2 Å². The Hall–Kier alpha value is -3.93. The molecule has 66 heavy (non-hydrogen) atoms. The predicted octanol–water partition coefficient (Wildman–Crippen LogP) is 17.9. The van der Waals surface area contributed by atoms with Gasteiger partial charge in [-0.3, -0.25) is 14.4 Å². The molecule has 0 fully saturated rings. The van der Waals surface area contributed by atoms with Crippen LogP contribution in [0.1, 0.15) is 233 Å². The maximum Gasteiger partial charge on any atom is 0.306 e. The number of carbonyl (C=O) groups excluding carboxylic acids is 3. The van der Waals surface area contributed by atoms with Crippen molar-refractivity contribution < 1.29 is 28.6 Å². The van der Waals surface area contributed by atoms with E-state index in [9.17, 15) is 14.4 Å². The van der Waals surface area contributed by atoms with Crippen LogP contribution in [0.25, 0.3) is 0 Å². The summed E-state index contributed by atoms with van der Waals surface area (Å²) in [7, 11) is 0. The molecular weight excluding hydrogens is 817 g/mol. The monoisotopic (exact) mass is 915 g/mol. The number of hydrogen-bond donors (Lipinski definition) is 0. The van der Waals surface area contributed by atoms with Crippen molar-refractivity contribution >= 4 is 17.9 Å². The van der Waals surface area contributed by atoms with Crippen molar-refractivity contribution in [3.05, 3.63) is 109 Å². The molecule has 0 spiro atoms. The van der Waals surface area contributed by atoms with Crippen molar-refractivity contribution in [3.8, 4) is 0 Å². The molecule has 6 nitrogen and oxygen atoms in total. The first-order valence-corrected chi connectivity index (χ1v) is 26.9. The van der Waals surface area contributed by atoms with Crippen LogP contribution in [0, 0.1) is 0 Å². The summed E-state index contributed by atoms with van der Waals surface area (Å²) in [5.74, 6) is -0.949. The first kappa shape index (κ1) is 62.1. The normalized spacial score (nSPS) is 13.0. The van der Waals surface area contributed by atoms with Crippen molar-refractivity contribution in [2.75, 3.05) is 13.2 Å². The molecule has 0 saturated heterocycles. The van der Waals surface area contributed by atoms with Crippen LogP contribution in [0.3, 0.4) is 0 Å². The van der Waals surface area contributed by atoms with E-state index >= 15 is 0 Å². The van der Waals surface area contributed by atoms with Gasteiger partial charge in [-0.05, 0) is 103 Å². The molecule has 374 valence electrons. The number of allylic oxidation sites excluding steroid dienone is 18. The molecule has 0 N–H and O–H groups in total. The lowest BCUT2D eigenvalue weighted by Crippen LogP contribution is -2.30. The van der Waals surface area contributed by atoms with E-state index in [2.05, 4.69) is 130 Å². The topological polar surface area (TPSA) is 78.9 Å². The molecule has 0 heterocycles. The molecule has 0 bridgehead atoms. The number of hydrogen-bond acceptors (Lipinski definition) is 6. The molecule has 0 aromatic heterocycles. The zero-order chi connectivity index (χ0) is 47.9. The van der Waals surface area contributed by atoms with E-state index in [4.69, 9.17) is 14.2 Å². The first-order valence-electron chi connectivity index (χ1n) is 26.9. The second-order valence-corrected chi connectivity index (χ2v) is 17.5. The average Bonchev–Trinajstić information content (AvgIpc) is 3.31. The molecule has 0 amide bonds. The van der Waals surface area contributed by atoms with E-state index in [0.717, 1.165) is 135 Å². The summed E-state index contributed by atoms with van der Waals surface area (Å²) in [4.78, 5) is 38.0. The average molecular weight is 915 g/mol. The highest BCUT2D eigenvalue weighted by Crippen LogP contribution is 2.13. The van der Waals surface area contributed by atoms with E-state index in [1.807, 2.05) is 0 Å². The molecule has 0 aliphatic heterocycles. The summed E-state index contributed by atoms with van der Waals surface area (Å²) < 4.78 is 16.8. The van der Waals surface area contributed by atoms with Gasteiger partial charge in [0.15, 0.2) is 6.10 Å². The third kappa shape index (κ3) is 51.1. The number of ether oxygens (including phenoxy) is 3. The Morgan fingerprint density at radius 2 is 0.667 bits per heavy atom. The number of esters is 3. The molecule has 0 saturated carbocycles. The van der Waals surface area contributed by atoms with Crippen LogP contribution >= 0.6 is 0 Å². The van der Waals surface area contributed by atoms with Gasteiger partial charge in [0.1, 0.15) is 13.2 Å². The third-order valence-electron chi connectivity index (χ3n) is 11.1. The minimum atomic E-state index is -0.802. The highest BCUT2D eigenvalue weighted by Gasteiger charge is 2.19. The summed E-state index contributed by atoms with van der Waals surface area (Å²) in [6.07, 6.45) is 72.1. The molecule has 0 aromatic carbocycles. The standard InChI is InChI=1S/C60H98O6/c1-4-7-10-13-16-19-22-24-26-28-30-32-33-35-38-41-44-47-50-53-59(62)65-56-57(55-64-58(61)52-49-46-43-40-37-21-18-15-12-9-6-3)66-60(63)54-51-48-45-42-39-36-34-31-29-27-25-23-20-17-14-11-8-5-2/h7,10,15-20,23-27,29-32,34,57H,4-6,8-9,11-14,21-22,28,33,35-56H2,1-3H3/b10-7-,18-15-,19-16-,20-17-,25-23-,26-24-,29-27-,32-30-,34-31-. The molecule has 0 aliphatic rings. The van der Waals surface area contributed by atoms with Gasteiger partial charge in [-0.15, -0.1) is 0 Å². The second-order valence-electron chi connectivity index (χ2n) is 17.5. The second kappa shape index (κ2) is 53.7. The Kier molecular flexibility index (Phi) is 50.5. The van der Waals surface area contributed by atoms with Crippen LogP contribution < -0.4 is 0 Å². The van der Waals surface area contributed by atoms with Crippen molar-refractivity contribution in [1.82, 2.24) is 0 Å². The van der Waals surface area contributed by atoms with Crippen molar-refractivity contribution in [2.45, 2.75) is 239 Å². The molecule has 0 rings (SSSR count). The fourth-order valence-electron chi connectivity index (χ4n) is 7.01. The zero-order valence-electron chi connectivity index (χ0n) is 42.7. The SMILES string of the molecule is CC/C=C\C/C=C\C/C=C\C/C=C\CCCCCCCCC(=O)OCC(COC(=O)CCCCCCC/C=C\CCCC)OC(=O)CCCCCCC\C=C/C=C\C=C/C=C\CCCCC. The van der Waals surface area contributed by atoms with Gasteiger partial charge in [-0.2, -0.15) is 0 Å². The largest absolute Gasteiger partial charge is 0.462 e. The van der Waals surface area contributed by atoms with Crippen LogP contribution in [0.5, 0.6) is 0 Å². The Balaban J connectivity index is 4.46. The maximum atomic E-state index is 12.8. The van der Waals surface area contributed by atoms with Crippen LogP contribution in [-0.2, 0) is 28.6 Å². The summed E-state index contributed by atoms with van der Waals surface area (Å²) in [5.41, 5.74) is 0. The fourth-order valence-corrected chi connectivity index (χ4v) is 7.01. The number of carbonyl (C=O) groups is 3. The Labute approximate surface area is 406 Å². The number of unbranched alkanes of at least 4 members (excludes halogenated alkanes) is 21. The first-order chi connectivity index (χ1) is 32.5. The van der Waals surface area contributed by atoms with E-state index in [0.29, 0.717) is 19.3 Å². The Morgan fingerprint density at radius 3 is 1.12 bits per heavy atom. The van der Waals surface area contributed by atoms with Crippen LogP contribution in [0.15, 0.2) is 109 Å². The fraction of sp³-hybridized carbons (Fsp3) is 0.650. The quantitative estimate of drug-likeness (QED) is 0.0199. The number of rotatable bonds is 47. The Morgan fingerprint density at radius 1 is 0.333 bits per heavy atom.